The number of carbonyl (C=O) groups is 1. The quantitative estimate of drug-likeness (QED) is 0.627. The molecule has 102 valence electrons. The van der Waals surface area contributed by atoms with E-state index in [1.807, 2.05) is 0 Å². The Kier molecular flexibility index (Phi) is 4.46. The number of nitro groups is 1. The Balaban J connectivity index is 1.85. The zero-order valence-corrected chi connectivity index (χ0v) is 10.6. The van der Waals surface area contributed by atoms with Crippen LogP contribution in [-0.2, 0) is 11.2 Å². The molecule has 1 aliphatic rings. The Labute approximate surface area is 111 Å². The van der Waals surface area contributed by atoms with Gasteiger partial charge in [-0.3, -0.25) is 14.9 Å². The van der Waals surface area contributed by atoms with Gasteiger partial charge in [-0.2, -0.15) is 0 Å². The molecule has 19 heavy (non-hydrogen) atoms. The van der Waals surface area contributed by atoms with Gasteiger partial charge in [-0.15, -0.1) is 0 Å². The average molecular weight is 263 g/mol. The van der Waals surface area contributed by atoms with E-state index in [1.165, 1.54) is 12.1 Å². The molecule has 0 saturated carbocycles. The van der Waals surface area contributed by atoms with E-state index in [0.29, 0.717) is 0 Å². The second-order valence-electron chi connectivity index (χ2n) is 4.69. The van der Waals surface area contributed by atoms with Crippen molar-refractivity contribution in [2.45, 2.75) is 25.3 Å². The fraction of sp³-hybridized carbons (Fsp3) is 0.462. The number of non-ortho nitro benzene ring substituents is 1. The van der Waals surface area contributed by atoms with Crippen LogP contribution in [0.15, 0.2) is 24.3 Å². The summed E-state index contributed by atoms with van der Waals surface area (Å²) in [5, 5.41) is 16.7. The Morgan fingerprint density at radius 2 is 1.95 bits per heavy atom. The highest BCUT2D eigenvalue weighted by molar-refractivity contribution is 5.78. The number of hydrogen-bond donors (Lipinski definition) is 2. The van der Waals surface area contributed by atoms with Crippen LogP contribution in [-0.4, -0.2) is 30.0 Å². The molecule has 1 heterocycles. The van der Waals surface area contributed by atoms with E-state index in [4.69, 9.17) is 0 Å². The molecule has 1 saturated heterocycles. The minimum absolute atomic E-state index is 0.0271. The summed E-state index contributed by atoms with van der Waals surface area (Å²) in [5.41, 5.74) is 0.833. The van der Waals surface area contributed by atoms with Crippen LogP contribution >= 0.6 is 0 Å². The van der Waals surface area contributed by atoms with Gasteiger partial charge in [0.05, 0.1) is 11.3 Å². The van der Waals surface area contributed by atoms with Crippen LogP contribution in [0.1, 0.15) is 18.4 Å². The zero-order chi connectivity index (χ0) is 13.7. The van der Waals surface area contributed by atoms with Gasteiger partial charge in [0.1, 0.15) is 0 Å². The molecule has 2 N–H and O–H groups in total. The van der Waals surface area contributed by atoms with Crippen molar-refractivity contribution in [2.75, 3.05) is 13.1 Å². The van der Waals surface area contributed by atoms with Crippen molar-refractivity contribution < 1.29 is 9.72 Å². The number of piperidine rings is 1. The van der Waals surface area contributed by atoms with Crippen LogP contribution in [0, 0.1) is 10.1 Å². The molecule has 1 fully saturated rings. The first-order valence-electron chi connectivity index (χ1n) is 6.38. The van der Waals surface area contributed by atoms with E-state index < -0.39 is 4.92 Å². The third kappa shape index (κ3) is 4.03. The molecule has 2 rings (SSSR count). The third-order valence-corrected chi connectivity index (χ3v) is 3.22. The van der Waals surface area contributed by atoms with Gasteiger partial charge in [-0.1, -0.05) is 12.1 Å². The predicted octanol–water partition coefficient (Wildman–Crippen LogP) is 1.01. The van der Waals surface area contributed by atoms with Gasteiger partial charge >= 0.3 is 0 Å². The lowest BCUT2D eigenvalue weighted by molar-refractivity contribution is -0.384. The highest BCUT2D eigenvalue weighted by atomic mass is 16.6. The Bertz CT molecular complexity index is 453. The second-order valence-corrected chi connectivity index (χ2v) is 4.69. The summed E-state index contributed by atoms with van der Waals surface area (Å²) in [6.45, 7) is 1.87. The Morgan fingerprint density at radius 3 is 2.53 bits per heavy atom. The number of nitrogens with zero attached hydrogens (tertiary/aromatic N) is 1. The molecule has 1 aliphatic heterocycles. The van der Waals surface area contributed by atoms with Crippen molar-refractivity contribution in [2.24, 2.45) is 0 Å². The molecule has 0 atom stereocenters. The maximum atomic E-state index is 11.8. The minimum Gasteiger partial charge on any atom is -0.353 e. The zero-order valence-electron chi connectivity index (χ0n) is 10.6. The first kappa shape index (κ1) is 13.5. The molecule has 1 aromatic carbocycles. The first-order valence-corrected chi connectivity index (χ1v) is 6.38. The molecule has 6 nitrogen and oxygen atoms in total. The van der Waals surface area contributed by atoms with Gasteiger partial charge in [0.2, 0.25) is 5.91 Å². The van der Waals surface area contributed by atoms with Crippen molar-refractivity contribution in [3.63, 3.8) is 0 Å². The number of nitro benzene ring substituents is 1. The third-order valence-electron chi connectivity index (χ3n) is 3.22. The fourth-order valence-electron chi connectivity index (χ4n) is 2.17. The number of benzene rings is 1. The highest BCUT2D eigenvalue weighted by Crippen LogP contribution is 2.12. The van der Waals surface area contributed by atoms with Gasteiger partial charge in [0.15, 0.2) is 0 Å². The van der Waals surface area contributed by atoms with Crippen molar-refractivity contribution in [1.82, 2.24) is 10.6 Å². The fourth-order valence-corrected chi connectivity index (χ4v) is 2.17. The summed E-state index contributed by atoms with van der Waals surface area (Å²) < 4.78 is 0. The lowest BCUT2D eigenvalue weighted by Crippen LogP contribution is -2.43. The SMILES string of the molecule is O=C(Cc1ccc([N+](=O)[O-])cc1)NC1CCNCC1. The van der Waals surface area contributed by atoms with Crippen LogP contribution in [0.4, 0.5) is 5.69 Å². The normalized spacial score (nSPS) is 16.0. The van der Waals surface area contributed by atoms with Crippen LogP contribution in [0.5, 0.6) is 0 Å². The number of rotatable bonds is 4. The monoisotopic (exact) mass is 263 g/mol. The van der Waals surface area contributed by atoms with Crippen molar-refractivity contribution in [3.05, 3.63) is 39.9 Å². The van der Waals surface area contributed by atoms with E-state index in [2.05, 4.69) is 10.6 Å². The van der Waals surface area contributed by atoms with Gasteiger partial charge in [0, 0.05) is 18.2 Å². The molecule has 0 aliphatic carbocycles. The van der Waals surface area contributed by atoms with E-state index in [9.17, 15) is 14.9 Å². The average Bonchev–Trinajstić information content (AvgIpc) is 2.40. The summed E-state index contributed by atoms with van der Waals surface area (Å²) >= 11 is 0. The molecule has 1 aromatic rings. The number of carbonyl (C=O) groups excluding carboxylic acids is 1. The lowest BCUT2D eigenvalue weighted by atomic mass is 10.1. The lowest BCUT2D eigenvalue weighted by Gasteiger charge is -2.23. The molecule has 0 bridgehead atoms. The highest BCUT2D eigenvalue weighted by Gasteiger charge is 2.15. The standard InChI is InChI=1S/C13H17N3O3/c17-13(15-11-5-7-14-8-6-11)9-10-1-3-12(4-2-10)16(18)19/h1-4,11,14H,5-9H2,(H,15,17). The Morgan fingerprint density at radius 1 is 1.32 bits per heavy atom. The van der Waals surface area contributed by atoms with Crippen molar-refractivity contribution in [3.8, 4) is 0 Å². The molecular formula is C13H17N3O3. The molecule has 0 radical (unpaired) electrons. The summed E-state index contributed by atoms with van der Waals surface area (Å²) in [7, 11) is 0. The van der Waals surface area contributed by atoms with E-state index in [1.54, 1.807) is 12.1 Å². The van der Waals surface area contributed by atoms with Crippen LogP contribution in [0.2, 0.25) is 0 Å². The maximum absolute atomic E-state index is 11.8. The van der Waals surface area contributed by atoms with Gasteiger partial charge in [-0.05, 0) is 31.5 Å². The maximum Gasteiger partial charge on any atom is 0.269 e. The van der Waals surface area contributed by atoms with E-state index in [-0.39, 0.29) is 24.1 Å². The second kappa shape index (κ2) is 6.29. The number of nitrogens with one attached hydrogen (secondary N) is 2. The van der Waals surface area contributed by atoms with Crippen LogP contribution in [0.25, 0.3) is 0 Å². The number of hydrogen-bond acceptors (Lipinski definition) is 4. The van der Waals surface area contributed by atoms with Crippen LogP contribution in [0.3, 0.4) is 0 Å². The number of amides is 1. The summed E-state index contributed by atoms with van der Waals surface area (Å²) in [5.74, 6) is -0.0271. The smallest absolute Gasteiger partial charge is 0.269 e. The van der Waals surface area contributed by atoms with Crippen molar-refractivity contribution >= 4 is 11.6 Å². The molecule has 0 unspecified atom stereocenters. The Hall–Kier alpha value is -1.95. The van der Waals surface area contributed by atoms with E-state index in [0.717, 1.165) is 31.5 Å². The summed E-state index contributed by atoms with van der Waals surface area (Å²) in [6.07, 6.45) is 2.17. The molecule has 0 aromatic heterocycles. The van der Waals surface area contributed by atoms with E-state index >= 15 is 0 Å². The first-order chi connectivity index (χ1) is 9.15. The van der Waals surface area contributed by atoms with Crippen LogP contribution < -0.4 is 10.6 Å². The molecular weight excluding hydrogens is 246 g/mol. The predicted molar refractivity (Wildman–Crippen MR) is 70.8 cm³/mol. The van der Waals surface area contributed by atoms with Gasteiger partial charge < -0.3 is 10.6 Å². The minimum atomic E-state index is -0.446. The molecule has 1 amide bonds. The van der Waals surface area contributed by atoms with Gasteiger partial charge in [0.25, 0.3) is 5.69 Å². The molecule has 0 spiro atoms. The largest absolute Gasteiger partial charge is 0.353 e. The molecule has 6 heteroatoms. The topological polar surface area (TPSA) is 84.3 Å². The van der Waals surface area contributed by atoms with Gasteiger partial charge in [-0.25, -0.2) is 0 Å². The van der Waals surface area contributed by atoms with Crippen molar-refractivity contribution in [1.29, 1.82) is 0 Å². The summed E-state index contributed by atoms with van der Waals surface area (Å²) in [6, 6.07) is 6.34. The summed E-state index contributed by atoms with van der Waals surface area (Å²) in [4.78, 5) is 21.9.